The largest absolute Gasteiger partial charge is 0.595 e. The van der Waals surface area contributed by atoms with Crippen molar-refractivity contribution in [3.8, 4) is 11.5 Å². The second-order valence-electron chi connectivity index (χ2n) is 6.23. The van der Waals surface area contributed by atoms with Gasteiger partial charge in [-0.05, 0) is 53.8 Å². The predicted molar refractivity (Wildman–Crippen MR) is 123 cm³/mol. The molecule has 2 atom stereocenters. The molecule has 0 amide bonds. The van der Waals surface area contributed by atoms with Crippen LogP contribution in [-0.4, -0.2) is 56.2 Å². The van der Waals surface area contributed by atoms with Crippen molar-refractivity contribution in [3.05, 3.63) is 58.4 Å². The molecule has 0 spiro atoms. The first-order valence-corrected chi connectivity index (χ1v) is 11.7. The van der Waals surface area contributed by atoms with Gasteiger partial charge in [-0.25, -0.2) is 9.99 Å². The van der Waals surface area contributed by atoms with Crippen molar-refractivity contribution in [1.29, 1.82) is 0 Å². The van der Waals surface area contributed by atoms with E-state index in [0.29, 0.717) is 0 Å². The zero-order valence-corrected chi connectivity index (χ0v) is 19.8. The minimum Gasteiger partial charge on any atom is -0.595 e. The van der Waals surface area contributed by atoms with Crippen molar-refractivity contribution in [2.75, 3.05) is 40.4 Å². The van der Waals surface area contributed by atoms with Gasteiger partial charge in [0.1, 0.15) is 31.4 Å². The number of benzene rings is 2. The normalized spacial score (nSPS) is 13.6. The Labute approximate surface area is 191 Å². The topological polar surface area (TPSA) is 135 Å². The first-order valence-electron chi connectivity index (χ1n) is 9.16. The van der Waals surface area contributed by atoms with E-state index in [1.807, 2.05) is 24.3 Å². The van der Waals surface area contributed by atoms with Gasteiger partial charge >= 0.3 is 0 Å². The number of hydrazone groups is 1. The first kappa shape index (κ1) is 25.9. The lowest BCUT2D eigenvalue weighted by Crippen LogP contribution is -2.99. The van der Waals surface area contributed by atoms with Crippen molar-refractivity contribution < 1.29 is 34.3 Å². The maximum absolute atomic E-state index is 12.0. The van der Waals surface area contributed by atoms with E-state index < -0.39 is 17.3 Å². The smallest absolute Gasteiger partial charge is 0.215 e. The average molecular weight is 487 g/mol. The van der Waals surface area contributed by atoms with E-state index in [4.69, 9.17) is 21.1 Å². The molecule has 0 aliphatic heterocycles. The van der Waals surface area contributed by atoms with E-state index in [1.165, 1.54) is 31.1 Å². The molecule has 0 saturated carbocycles. The molecule has 0 saturated heterocycles. The molecule has 176 valence electrons. The fourth-order valence-electron chi connectivity index (χ4n) is 2.36. The van der Waals surface area contributed by atoms with Crippen LogP contribution in [0.2, 0.25) is 0 Å². The number of hydrogen-bond acceptors (Lipinski definition) is 10. The third kappa shape index (κ3) is 7.38. The number of hydrogen-bond donors (Lipinski definition) is 3. The predicted octanol–water partition coefficient (Wildman–Crippen LogP) is 1.76. The molecule has 0 aliphatic carbocycles. The quantitative estimate of drug-likeness (QED) is 0.134. The fourth-order valence-corrected chi connectivity index (χ4v) is 3.40. The van der Waals surface area contributed by atoms with Crippen LogP contribution in [0.3, 0.4) is 0 Å². The van der Waals surface area contributed by atoms with Gasteiger partial charge in [-0.1, -0.05) is 4.97 Å². The Kier molecular flexibility index (Phi) is 9.78. The summed E-state index contributed by atoms with van der Waals surface area (Å²) in [6.07, 6.45) is 1.63. The van der Waals surface area contributed by atoms with Crippen molar-refractivity contribution in [2.45, 2.75) is 0 Å². The molecule has 3 N–H and O–H groups in total. The average Bonchev–Trinajstić information content (AvgIpc) is 2.81. The summed E-state index contributed by atoms with van der Waals surface area (Å²) in [5.74, 6) is 1.01. The van der Waals surface area contributed by atoms with E-state index in [2.05, 4.69) is 20.1 Å². The van der Waals surface area contributed by atoms with Gasteiger partial charge in [-0.15, -0.1) is 0 Å². The van der Waals surface area contributed by atoms with Crippen molar-refractivity contribution >= 4 is 36.5 Å². The highest BCUT2D eigenvalue weighted by atomic mass is 32.4. The molecule has 12 nitrogen and oxygen atoms in total. The SMILES string of the molecule is COc1ccc(/C=N/N(C)[PH](=S)Oc2ccc(NC[N+]([O-])(OC)OC)c([NH+]([O-])O)c2)cc1. The molecule has 0 bridgehead atoms. The van der Waals surface area contributed by atoms with Gasteiger partial charge in [0.2, 0.25) is 13.7 Å². The molecular weight excluding hydrogens is 461 g/mol. The first-order chi connectivity index (χ1) is 15.2. The standard InChI is InChI=1S/C18H26N5O7PS/c1-21(20-12-14-5-7-15(27-2)8-6-14)31(32)30-16-9-10-17(18(11-16)22(24)25)19-13-23(26,28-3)29-4/h5-12,19,22,24,31H,13H2,1-4H3/b20-12+. The number of ether oxygens (including phenoxy) is 1. The summed E-state index contributed by atoms with van der Waals surface area (Å²) < 4.78 is 12.4. The molecule has 0 aliphatic rings. The number of hydroxylamine groups is 3. The Morgan fingerprint density at radius 2 is 1.81 bits per heavy atom. The van der Waals surface area contributed by atoms with Crippen LogP contribution in [0.25, 0.3) is 0 Å². The molecule has 2 unspecified atom stereocenters. The molecule has 0 aromatic heterocycles. The summed E-state index contributed by atoms with van der Waals surface area (Å²) in [5.41, 5.74) is 0.947. The Hall–Kier alpha value is -2.32. The number of rotatable bonds is 12. The van der Waals surface area contributed by atoms with Gasteiger partial charge in [-0.3, -0.25) is 0 Å². The van der Waals surface area contributed by atoms with Crippen LogP contribution >= 0.6 is 7.07 Å². The molecule has 0 heterocycles. The molecule has 14 heteroatoms. The second kappa shape index (κ2) is 12.1. The van der Waals surface area contributed by atoms with Crippen LogP contribution in [0.5, 0.6) is 11.5 Å². The zero-order chi connectivity index (χ0) is 23.7. The highest BCUT2D eigenvalue weighted by Gasteiger charge is 2.20. The summed E-state index contributed by atoms with van der Waals surface area (Å²) in [5, 5.41) is 39.0. The zero-order valence-electron chi connectivity index (χ0n) is 18.0. The van der Waals surface area contributed by atoms with Gasteiger partial charge in [0, 0.05) is 13.1 Å². The number of anilines is 1. The monoisotopic (exact) mass is 487 g/mol. The third-order valence-electron chi connectivity index (χ3n) is 4.21. The van der Waals surface area contributed by atoms with Crippen LogP contribution in [0.1, 0.15) is 5.56 Å². The lowest BCUT2D eigenvalue weighted by atomic mass is 10.2. The van der Waals surface area contributed by atoms with Crippen LogP contribution in [-0.2, 0) is 21.5 Å². The summed E-state index contributed by atoms with van der Waals surface area (Å²) in [6, 6.07) is 11.7. The number of methoxy groups -OCH3 is 1. The van der Waals surface area contributed by atoms with Crippen LogP contribution < -0.4 is 19.8 Å². The van der Waals surface area contributed by atoms with Crippen LogP contribution in [0.15, 0.2) is 47.6 Å². The second-order valence-corrected chi connectivity index (χ2v) is 8.66. The maximum Gasteiger partial charge on any atom is 0.215 e. The van der Waals surface area contributed by atoms with Crippen molar-refractivity contribution in [3.63, 3.8) is 0 Å². The highest BCUT2D eigenvalue weighted by molar-refractivity contribution is 8.02. The highest BCUT2D eigenvalue weighted by Crippen LogP contribution is 2.33. The Balaban J connectivity index is 2.06. The Morgan fingerprint density at radius 1 is 1.19 bits per heavy atom. The number of quaternary nitrogens is 2. The molecule has 32 heavy (non-hydrogen) atoms. The van der Waals surface area contributed by atoms with E-state index in [-0.39, 0.29) is 23.8 Å². The molecular formula is C18H26N5O7PS. The maximum atomic E-state index is 12.0. The molecule has 2 aromatic rings. The van der Waals surface area contributed by atoms with Crippen molar-refractivity contribution in [2.24, 2.45) is 5.10 Å². The van der Waals surface area contributed by atoms with E-state index in [0.717, 1.165) is 11.3 Å². The Bertz CT molecular complexity index is 928. The van der Waals surface area contributed by atoms with Crippen LogP contribution in [0.4, 0.5) is 11.4 Å². The molecule has 0 radical (unpaired) electrons. The Morgan fingerprint density at radius 3 is 2.38 bits per heavy atom. The van der Waals surface area contributed by atoms with Gasteiger partial charge in [0.05, 0.1) is 13.3 Å². The third-order valence-corrected chi connectivity index (χ3v) is 6.30. The summed E-state index contributed by atoms with van der Waals surface area (Å²) >= 11 is 5.40. The number of nitrogens with one attached hydrogen (secondary N) is 2. The van der Waals surface area contributed by atoms with Crippen molar-refractivity contribution in [1.82, 2.24) is 4.78 Å². The lowest BCUT2D eigenvalue weighted by Gasteiger charge is -2.32. The molecule has 2 rings (SSSR count). The van der Waals surface area contributed by atoms with Gasteiger partial charge in [-0.2, -0.15) is 20.0 Å². The van der Waals surface area contributed by atoms with E-state index >= 15 is 0 Å². The van der Waals surface area contributed by atoms with Gasteiger partial charge in [0.15, 0.2) is 5.69 Å². The summed E-state index contributed by atoms with van der Waals surface area (Å²) in [7, 11) is 3.61. The fraction of sp³-hybridized carbons (Fsp3) is 0.278. The van der Waals surface area contributed by atoms with Crippen LogP contribution in [0, 0.1) is 10.4 Å². The molecule has 2 aromatic carbocycles. The van der Waals surface area contributed by atoms with E-state index in [1.54, 1.807) is 26.4 Å². The summed E-state index contributed by atoms with van der Waals surface area (Å²) in [4.78, 5) is 7.87. The minimum absolute atomic E-state index is 0.101. The van der Waals surface area contributed by atoms with Gasteiger partial charge < -0.3 is 25.0 Å². The van der Waals surface area contributed by atoms with E-state index in [9.17, 15) is 15.6 Å². The summed E-state index contributed by atoms with van der Waals surface area (Å²) in [6.45, 7) is -0.369. The molecule has 0 fully saturated rings. The lowest BCUT2D eigenvalue weighted by molar-refractivity contribution is -1.21. The number of nitrogens with zero attached hydrogens (tertiary/aromatic N) is 3. The van der Waals surface area contributed by atoms with Gasteiger partial charge in [0.25, 0.3) is 0 Å². The minimum atomic E-state index is -2.01.